The maximum Gasteiger partial charge on any atom is 0.341 e. The first-order valence-electron chi connectivity index (χ1n) is 8.93. The molecule has 1 N–H and O–H groups in total. The minimum Gasteiger partial charge on any atom is -0.462 e. The Morgan fingerprint density at radius 1 is 1.18 bits per heavy atom. The Hall–Kier alpha value is -2.68. The second-order valence-electron chi connectivity index (χ2n) is 6.72. The van der Waals surface area contributed by atoms with Gasteiger partial charge >= 0.3 is 5.97 Å². The standard InChI is InChI=1S/C19H26N4O4S/c1-8-9-27-19(26)13-10(2)15(18(25)22(5)6)28-17(13)20-16(24)14-11(3)21-23(7)12(14)4/h8-9H2,1-7H3,(H,20,24). The molecule has 8 nitrogen and oxygen atoms in total. The van der Waals surface area contributed by atoms with Gasteiger partial charge in [0.1, 0.15) is 5.00 Å². The van der Waals surface area contributed by atoms with E-state index in [9.17, 15) is 14.4 Å². The van der Waals surface area contributed by atoms with Gasteiger partial charge in [-0.1, -0.05) is 6.92 Å². The lowest BCUT2D eigenvalue weighted by atomic mass is 10.1. The predicted molar refractivity (Wildman–Crippen MR) is 108 cm³/mol. The summed E-state index contributed by atoms with van der Waals surface area (Å²) in [6, 6.07) is 0. The van der Waals surface area contributed by atoms with Crippen LogP contribution in [0.25, 0.3) is 0 Å². The maximum absolute atomic E-state index is 12.9. The van der Waals surface area contributed by atoms with Crippen molar-refractivity contribution in [3.8, 4) is 0 Å². The van der Waals surface area contributed by atoms with Crippen LogP contribution in [0.2, 0.25) is 0 Å². The number of rotatable bonds is 6. The number of esters is 1. The number of carbonyl (C=O) groups excluding carboxylic acids is 3. The first kappa shape index (κ1) is 21.6. The van der Waals surface area contributed by atoms with Gasteiger partial charge in [0.15, 0.2) is 0 Å². The normalized spacial score (nSPS) is 10.7. The van der Waals surface area contributed by atoms with Gasteiger partial charge in [-0.3, -0.25) is 14.3 Å². The van der Waals surface area contributed by atoms with Gasteiger partial charge in [0.2, 0.25) is 0 Å². The molecule has 2 rings (SSSR count). The summed E-state index contributed by atoms with van der Waals surface area (Å²) in [6.07, 6.45) is 0.675. The van der Waals surface area contributed by atoms with Crippen LogP contribution >= 0.6 is 11.3 Å². The van der Waals surface area contributed by atoms with Crippen molar-refractivity contribution in [2.24, 2.45) is 7.05 Å². The van der Waals surface area contributed by atoms with Crippen molar-refractivity contribution in [2.45, 2.75) is 34.1 Å². The third kappa shape index (κ3) is 4.09. The third-order valence-electron chi connectivity index (χ3n) is 4.35. The van der Waals surface area contributed by atoms with Crippen LogP contribution in [0.4, 0.5) is 5.00 Å². The smallest absolute Gasteiger partial charge is 0.341 e. The molecule has 0 fully saturated rings. The number of aryl methyl sites for hydroxylation is 2. The molecule has 2 heterocycles. The lowest BCUT2D eigenvalue weighted by Gasteiger charge is -2.09. The number of amides is 2. The van der Waals surface area contributed by atoms with Crippen LogP contribution in [-0.2, 0) is 11.8 Å². The molecule has 2 aromatic heterocycles. The summed E-state index contributed by atoms with van der Waals surface area (Å²) >= 11 is 1.07. The fourth-order valence-corrected chi connectivity index (χ4v) is 4.00. The average Bonchev–Trinajstić information content (AvgIpc) is 3.07. The largest absolute Gasteiger partial charge is 0.462 e. The Morgan fingerprint density at radius 3 is 2.32 bits per heavy atom. The molecular weight excluding hydrogens is 380 g/mol. The van der Waals surface area contributed by atoms with Crippen molar-refractivity contribution in [2.75, 3.05) is 26.0 Å². The number of anilines is 1. The third-order valence-corrected chi connectivity index (χ3v) is 5.55. The summed E-state index contributed by atoms with van der Waals surface area (Å²) < 4.78 is 6.89. The number of nitrogens with one attached hydrogen (secondary N) is 1. The van der Waals surface area contributed by atoms with Crippen LogP contribution in [-0.4, -0.2) is 53.2 Å². The minimum absolute atomic E-state index is 0.219. The molecular formula is C19H26N4O4S. The second kappa shape index (κ2) is 8.55. The second-order valence-corrected chi connectivity index (χ2v) is 7.74. The molecule has 0 spiro atoms. The van der Waals surface area contributed by atoms with E-state index in [0.29, 0.717) is 38.8 Å². The zero-order valence-corrected chi connectivity index (χ0v) is 18.1. The highest BCUT2D eigenvalue weighted by molar-refractivity contribution is 7.18. The fourth-order valence-electron chi connectivity index (χ4n) is 2.79. The SMILES string of the molecule is CCCOC(=O)c1c(NC(=O)c2c(C)nn(C)c2C)sc(C(=O)N(C)C)c1C. The summed E-state index contributed by atoms with van der Waals surface area (Å²) in [6.45, 7) is 7.39. The number of aromatic nitrogens is 2. The van der Waals surface area contributed by atoms with E-state index in [4.69, 9.17) is 4.74 Å². The molecule has 0 aliphatic carbocycles. The van der Waals surface area contributed by atoms with Crippen molar-refractivity contribution in [1.82, 2.24) is 14.7 Å². The molecule has 28 heavy (non-hydrogen) atoms. The van der Waals surface area contributed by atoms with Gasteiger partial charge in [0.05, 0.1) is 28.3 Å². The molecule has 152 valence electrons. The number of thiophene rings is 1. The van der Waals surface area contributed by atoms with E-state index in [1.807, 2.05) is 6.92 Å². The van der Waals surface area contributed by atoms with Gasteiger partial charge in [-0.25, -0.2) is 4.79 Å². The summed E-state index contributed by atoms with van der Waals surface area (Å²) in [5.74, 6) is -1.16. The number of hydrogen-bond donors (Lipinski definition) is 1. The van der Waals surface area contributed by atoms with Crippen LogP contribution in [0.5, 0.6) is 0 Å². The van der Waals surface area contributed by atoms with Crippen molar-refractivity contribution in [3.63, 3.8) is 0 Å². The van der Waals surface area contributed by atoms with Gasteiger partial charge in [-0.05, 0) is 32.8 Å². The molecule has 0 aliphatic rings. The lowest BCUT2D eigenvalue weighted by Crippen LogP contribution is -2.21. The molecule has 2 aromatic rings. The predicted octanol–water partition coefficient (Wildman–Crippen LogP) is 2.93. The molecule has 0 aliphatic heterocycles. The van der Waals surface area contributed by atoms with E-state index in [1.54, 1.807) is 46.6 Å². The highest BCUT2D eigenvalue weighted by Gasteiger charge is 2.28. The van der Waals surface area contributed by atoms with E-state index in [0.717, 1.165) is 11.3 Å². The first-order chi connectivity index (χ1) is 13.1. The summed E-state index contributed by atoms with van der Waals surface area (Å²) in [7, 11) is 5.03. The molecule has 0 radical (unpaired) electrons. The van der Waals surface area contributed by atoms with Gasteiger partial charge in [-0.15, -0.1) is 11.3 Å². The molecule has 0 bridgehead atoms. The Bertz CT molecular complexity index is 927. The number of nitrogens with zero attached hydrogens (tertiary/aromatic N) is 3. The van der Waals surface area contributed by atoms with Gasteiger partial charge in [0.25, 0.3) is 11.8 Å². The highest BCUT2D eigenvalue weighted by atomic mass is 32.1. The molecule has 0 saturated heterocycles. The number of hydrogen-bond acceptors (Lipinski definition) is 6. The first-order valence-corrected chi connectivity index (χ1v) is 9.75. The zero-order chi connectivity index (χ0) is 21.2. The zero-order valence-electron chi connectivity index (χ0n) is 17.3. The number of ether oxygens (including phenoxy) is 1. The van der Waals surface area contributed by atoms with E-state index >= 15 is 0 Å². The Kier molecular flexibility index (Phi) is 6.60. The molecule has 0 aromatic carbocycles. The van der Waals surface area contributed by atoms with Crippen molar-refractivity contribution in [1.29, 1.82) is 0 Å². The topological polar surface area (TPSA) is 93.5 Å². The van der Waals surface area contributed by atoms with Crippen LogP contribution < -0.4 is 5.32 Å². The van der Waals surface area contributed by atoms with Gasteiger partial charge < -0.3 is 15.0 Å². The Balaban J connectivity index is 2.49. The van der Waals surface area contributed by atoms with E-state index in [2.05, 4.69) is 10.4 Å². The minimum atomic E-state index is -0.552. The fraction of sp³-hybridized carbons (Fsp3) is 0.474. The molecule has 2 amide bonds. The van der Waals surface area contributed by atoms with Gasteiger partial charge in [-0.2, -0.15) is 5.10 Å². The van der Waals surface area contributed by atoms with Crippen molar-refractivity contribution < 1.29 is 19.1 Å². The lowest BCUT2D eigenvalue weighted by molar-refractivity contribution is 0.0506. The van der Waals surface area contributed by atoms with Crippen molar-refractivity contribution in [3.05, 3.63) is 33.0 Å². The average molecular weight is 407 g/mol. The maximum atomic E-state index is 12.9. The number of carbonyl (C=O) groups is 3. The van der Waals surface area contributed by atoms with Crippen LogP contribution in [0, 0.1) is 20.8 Å². The summed E-state index contributed by atoms with van der Waals surface area (Å²) in [5.41, 5.74) is 2.46. The van der Waals surface area contributed by atoms with E-state index in [1.165, 1.54) is 4.90 Å². The van der Waals surface area contributed by atoms with Crippen LogP contribution in [0.1, 0.15) is 60.7 Å². The Labute approximate surface area is 168 Å². The molecule has 0 atom stereocenters. The Morgan fingerprint density at radius 2 is 1.82 bits per heavy atom. The molecule has 0 saturated carbocycles. The summed E-state index contributed by atoms with van der Waals surface area (Å²) in [4.78, 5) is 39.8. The summed E-state index contributed by atoms with van der Waals surface area (Å²) in [5, 5.41) is 7.34. The quantitative estimate of drug-likeness (QED) is 0.745. The monoisotopic (exact) mass is 406 g/mol. The molecule has 0 unspecified atom stereocenters. The van der Waals surface area contributed by atoms with Crippen molar-refractivity contribution >= 4 is 34.1 Å². The van der Waals surface area contributed by atoms with E-state index < -0.39 is 5.97 Å². The van der Waals surface area contributed by atoms with Crippen LogP contribution in [0.3, 0.4) is 0 Å². The van der Waals surface area contributed by atoms with Crippen LogP contribution in [0.15, 0.2) is 0 Å². The van der Waals surface area contributed by atoms with Gasteiger partial charge in [0, 0.05) is 26.8 Å². The highest BCUT2D eigenvalue weighted by Crippen LogP contribution is 2.35. The molecule has 9 heteroatoms. The van der Waals surface area contributed by atoms with E-state index in [-0.39, 0.29) is 24.0 Å².